The van der Waals surface area contributed by atoms with Gasteiger partial charge in [0.1, 0.15) is 0 Å². The minimum absolute atomic E-state index is 0.132. The summed E-state index contributed by atoms with van der Waals surface area (Å²) >= 11 is 0. The fraction of sp³-hybridized carbons (Fsp3) is 0.833. The molecule has 1 unspecified atom stereocenters. The first-order chi connectivity index (χ1) is 4.79. The number of amides is 2. The molecule has 0 aromatic carbocycles. The number of carbonyl (C=O) groups excluding carboxylic acids is 1. The van der Waals surface area contributed by atoms with E-state index in [0.29, 0.717) is 6.54 Å². The topological polar surface area (TPSA) is 66.4 Å². The Kier molecular flexibility index (Phi) is 2.50. The highest BCUT2D eigenvalue weighted by molar-refractivity contribution is 5.71. The van der Waals surface area contributed by atoms with E-state index in [4.69, 9.17) is 10.5 Å². The Morgan fingerprint density at radius 1 is 1.80 bits per heavy atom. The maximum atomic E-state index is 10.2. The molecule has 0 saturated carbocycles. The van der Waals surface area contributed by atoms with Crippen molar-refractivity contribution < 1.29 is 9.53 Å². The number of carbonyl (C=O) groups is 1. The van der Waals surface area contributed by atoms with Gasteiger partial charge in [0.15, 0.2) is 0 Å². The summed E-state index contributed by atoms with van der Waals surface area (Å²) in [4.78, 5) is 10.2. The molecule has 0 spiro atoms. The van der Waals surface area contributed by atoms with E-state index in [9.17, 15) is 4.79 Å². The molecule has 1 saturated heterocycles. The van der Waals surface area contributed by atoms with Gasteiger partial charge in [-0.3, -0.25) is 0 Å². The zero-order valence-corrected chi connectivity index (χ0v) is 5.75. The van der Waals surface area contributed by atoms with Crippen LogP contribution in [0.3, 0.4) is 0 Å². The van der Waals surface area contributed by atoms with Crippen molar-refractivity contribution in [2.75, 3.05) is 13.2 Å². The number of ether oxygens (including phenoxy) is 1. The molecule has 1 rings (SSSR count). The summed E-state index contributed by atoms with van der Waals surface area (Å²) in [5.41, 5.74) is 4.81. The highest BCUT2D eigenvalue weighted by Gasteiger charge is 2.15. The molecule has 4 nitrogen and oxygen atoms in total. The van der Waals surface area contributed by atoms with E-state index in [1.807, 2.05) is 0 Å². The number of rotatable bonds is 2. The fourth-order valence-corrected chi connectivity index (χ4v) is 0.980. The predicted octanol–water partition coefficient (Wildman–Crippen LogP) is -0.152. The van der Waals surface area contributed by atoms with Crippen LogP contribution in [0.15, 0.2) is 0 Å². The molecule has 0 aromatic rings. The summed E-state index contributed by atoms with van der Waals surface area (Å²) in [5, 5.41) is 3.52. The Balaban J connectivity index is 2.07. The lowest BCUT2D eigenvalue weighted by atomic mass is 10.2. The van der Waals surface area contributed by atoms with Crippen LogP contribution in [0.4, 0.5) is 4.79 Å². The van der Waals surface area contributed by atoms with E-state index >= 15 is 0 Å². The Morgan fingerprint density at radius 2 is 2.60 bits per heavy atom. The highest BCUT2D eigenvalue weighted by atomic mass is 16.5. The number of nitrogens with zero attached hydrogens (tertiary/aromatic N) is 1. The van der Waals surface area contributed by atoms with Gasteiger partial charge in [-0.2, -0.15) is 0 Å². The van der Waals surface area contributed by atoms with Gasteiger partial charge in [-0.15, -0.1) is 0 Å². The molecule has 0 aromatic heterocycles. The van der Waals surface area contributed by atoms with E-state index in [0.717, 1.165) is 19.4 Å². The number of urea groups is 1. The standard InChI is InChI=1S/C6H11N2O2/c7-6(9)8-4-5-2-1-3-10-5/h5H,1-4H2,(H2,7,9). The van der Waals surface area contributed by atoms with Crippen molar-refractivity contribution in [1.29, 1.82) is 0 Å². The van der Waals surface area contributed by atoms with Crippen molar-refractivity contribution in [3.8, 4) is 0 Å². The van der Waals surface area contributed by atoms with Crippen LogP contribution in [-0.2, 0) is 4.74 Å². The Morgan fingerprint density at radius 3 is 3.10 bits per heavy atom. The fourth-order valence-electron chi connectivity index (χ4n) is 0.980. The van der Waals surface area contributed by atoms with Crippen LogP contribution < -0.4 is 11.1 Å². The lowest BCUT2D eigenvalue weighted by molar-refractivity contribution is 0.111. The minimum atomic E-state index is -0.601. The molecule has 1 fully saturated rings. The van der Waals surface area contributed by atoms with Gasteiger partial charge in [0.2, 0.25) is 0 Å². The largest absolute Gasteiger partial charge is 0.376 e. The number of nitrogens with two attached hydrogens (primary N) is 1. The molecule has 10 heavy (non-hydrogen) atoms. The summed E-state index contributed by atoms with van der Waals surface area (Å²) in [7, 11) is 0. The second-order valence-corrected chi connectivity index (χ2v) is 2.31. The Hall–Kier alpha value is -0.770. The SMILES string of the molecule is NC(=O)[N]CC1CCCO1. The van der Waals surface area contributed by atoms with Gasteiger partial charge in [0.05, 0.1) is 12.6 Å². The van der Waals surface area contributed by atoms with Crippen molar-refractivity contribution in [3.63, 3.8) is 0 Å². The first kappa shape index (κ1) is 7.34. The smallest absolute Gasteiger partial charge is 0.333 e. The molecule has 1 aliphatic heterocycles. The average Bonchev–Trinajstić information content (AvgIpc) is 2.34. The third kappa shape index (κ3) is 2.23. The van der Waals surface area contributed by atoms with Gasteiger partial charge >= 0.3 is 6.03 Å². The summed E-state index contributed by atoms with van der Waals surface area (Å²) < 4.78 is 5.20. The first-order valence-corrected chi connectivity index (χ1v) is 3.37. The molecular formula is C6H11N2O2. The van der Waals surface area contributed by atoms with E-state index in [1.165, 1.54) is 0 Å². The third-order valence-electron chi connectivity index (χ3n) is 1.47. The van der Waals surface area contributed by atoms with Crippen LogP contribution in [0, 0.1) is 0 Å². The van der Waals surface area contributed by atoms with Gasteiger partial charge in [-0.25, -0.2) is 10.1 Å². The third-order valence-corrected chi connectivity index (χ3v) is 1.47. The molecule has 0 aliphatic carbocycles. The van der Waals surface area contributed by atoms with Gasteiger partial charge in [-0.1, -0.05) is 0 Å². The number of hydrogen-bond donors (Lipinski definition) is 1. The van der Waals surface area contributed by atoms with Crippen LogP contribution in [0.5, 0.6) is 0 Å². The van der Waals surface area contributed by atoms with Crippen molar-refractivity contribution >= 4 is 6.03 Å². The maximum absolute atomic E-state index is 10.2. The van der Waals surface area contributed by atoms with Crippen LogP contribution >= 0.6 is 0 Å². The second kappa shape index (κ2) is 3.41. The Bertz CT molecular complexity index is 121. The summed E-state index contributed by atoms with van der Waals surface area (Å²) in [5.74, 6) is 0. The summed E-state index contributed by atoms with van der Waals surface area (Å²) in [6.07, 6.45) is 2.20. The molecule has 0 bridgehead atoms. The summed E-state index contributed by atoms with van der Waals surface area (Å²) in [6.45, 7) is 1.22. The van der Waals surface area contributed by atoms with Gasteiger partial charge in [0.25, 0.3) is 0 Å². The van der Waals surface area contributed by atoms with Gasteiger partial charge in [-0.05, 0) is 12.8 Å². The maximum Gasteiger partial charge on any atom is 0.333 e. The van der Waals surface area contributed by atoms with E-state index in [-0.39, 0.29) is 6.10 Å². The van der Waals surface area contributed by atoms with Crippen molar-refractivity contribution in [2.45, 2.75) is 18.9 Å². The lowest BCUT2D eigenvalue weighted by Crippen LogP contribution is -2.29. The van der Waals surface area contributed by atoms with E-state index in [2.05, 4.69) is 5.32 Å². The Labute approximate surface area is 59.7 Å². The normalized spacial score (nSPS) is 24.6. The molecular weight excluding hydrogens is 132 g/mol. The minimum Gasteiger partial charge on any atom is -0.376 e. The molecule has 1 atom stereocenters. The number of primary amides is 1. The molecule has 2 N–H and O–H groups in total. The number of hydrogen-bond acceptors (Lipinski definition) is 2. The molecule has 1 aliphatic rings. The van der Waals surface area contributed by atoms with Crippen LogP contribution in [0.1, 0.15) is 12.8 Å². The van der Waals surface area contributed by atoms with Crippen LogP contribution in [0.2, 0.25) is 0 Å². The van der Waals surface area contributed by atoms with Crippen LogP contribution in [-0.4, -0.2) is 25.3 Å². The molecule has 57 valence electrons. The van der Waals surface area contributed by atoms with Crippen molar-refractivity contribution in [3.05, 3.63) is 0 Å². The monoisotopic (exact) mass is 143 g/mol. The van der Waals surface area contributed by atoms with E-state index < -0.39 is 6.03 Å². The molecule has 4 heteroatoms. The quantitative estimate of drug-likeness (QED) is 0.584. The summed E-state index contributed by atoms with van der Waals surface area (Å²) in [6, 6.07) is -0.601. The first-order valence-electron chi connectivity index (χ1n) is 3.37. The lowest BCUT2D eigenvalue weighted by Gasteiger charge is -2.05. The average molecular weight is 143 g/mol. The predicted molar refractivity (Wildman–Crippen MR) is 35.6 cm³/mol. The van der Waals surface area contributed by atoms with E-state index in [1.54, 1.807) is 0 Å². The zero-order valence-electron chi connectivity index (χ0n) is 5.75. The van der Waals surface area contributed by atoms with Crippen LogP contribution in [0.25, 0.3) is 0 Å². The highest BCUT2D eigenvalue weighted by Crippen LogP contribution is 2.10. The zero-order chi connectivity index (χ0) is 7.40. The molecule has 1 radical (unpaired) electrons. The molecule has 2 amide bonds. The second-order valence-electron chi connectivity index (χ2n) is 2.31. The molecule has 1 heterocycles. The van der Waals surface area contributed by atoms with Gasteiger partial charge in [0, 0.05) is 6.61 Å². The van der Waals surface area contributed by atoms with Crippen molar-refractivity contribution in [1.82, 2.24) is 5.32 Å². The van der Waals surface area contributed by atoms with Crippen molar-refractivity contribution in [2.24, 2.45) is 5.73 Å². The van der Waals surface area contributed by atoms with Gasteiger partial charge < -0.3 is 10.5 Å².